The lowest BCUT2D eigenvalue weighted by molar-refractivity contribution is 0.212. The van der Waals surface area contributed by atoms with Crippen molar-refractivity contribution in [2.24, 2.45) is 11.7 Å². The Balaban J connectivity index is 2.05. The normalized spacial score (nSPS) is 32.6. The predicted molar refractivity (Wildman–Crippen MR) is 72.3 cm³/mol. The van der Waals surface area contributed by atoms with E-state index in [1.807, 2.05) is 0 Å². The van der Waals surface area contributed by atoms with Crippen LogP contribution in [-0.2, 0) is 10.2 Å². The summed E-state index contributed by atoms with van der Waals surface area (Å²) in [6, 6.07) is 0.155. The first-order valence-electron chi connectivity index (χ1n) is 7.06. The third-order valence-corrected chi connectivity index (χ3v) is 6.25. The van der Waals surface area contributed by atoms with Gasteiger partial charge in [0.15, 0.2) is 0 Å². The lowest BCUT2D eigenvalue weighted by atomic mass is 9.92. The van der Waals surface area contributed by atoms with Crippen LogP contribution in [0.1, 0.15) is 39.0 Å². The zero-order valence-corrected chi connectivity index (χ0v) is 12.0. The standard InChI is InChI=1S/C12H25N3O2S/c1-2-11-10-15(9-6-12(11)13)18(16,17)14-7-4-3-5-8-14/h11-12H,2-10,13H2,1H3. The summed E-state index contributed by atoms with van der Waals surface area (Å²) in [5, 5.41) is 0. The maximum atomic E-state index is 12.5. The molecule has 2 unspecified atom stereocenters. The summed E-state index contributed by atoms with van der Waals surface area (Å²) in [5.74, 6) is 0.304. The molecular weight excluding hydrogens is 250 g/mol. The Morgan fingerprint density at radius 2 is 1.78 bits per heavy atom. The molecule has 0 saturated carbocycles. The van der Waals surface area contributed by atoms with Gasteiger partial charge < -0.3 is 5.73 Å². The molecule has 0 amide bonds. The zero-order valence-electron chi connectivity index (χ0n) is 11.2. The van der Waals surface area contributed by atoms with Crippen LogP contribution in [0.15, 0.2) is 0 Å². The second kappa shape index (κ2) is 5.86. The zero-order chi connectivity index (χ0) is 13.2. The molecule has 0 radical (unpaired) electrons. The number of rotatable bonds is 3. The molecule has 0 aromatic rings. The van der Waals surface area contributed by atoms with E-state index < -0.39 is 10.2 Å². The van der Waals surface area contributed by atoms with Gasteiger partial charge >= 0.3 is 0 Å². The van der Waals surface area contributed by atoms with E-state index in [1.54, 1.807) is 8.61 Å². The fourth-order valence-corrected chi connectivity index (χ4v) is 4.68. The molecule has 2 fully saturated rings. The molecule has 0 aromatic carbocycles. The van der Waals surface area contributed by atoms with E-state index in [2.05, 4.69) is 6.92 Å². The van der Waals surface area contributed by atoms with Crippen molar-refractivity contribution >= 4 is 10.2 Å². The van der Waals surface area contributed by atoms with E-state index in [9.17, 15) is 8.42 Å². The van der Waals surface area contributed by atoms with Crippen LogP contribution in [0.4, 0.5) is 0 Å². The van der Waals surface area contributed by atoms with Crippen LogP contribution in [-0.4, -0.2) is 49.2 Å². The Bertz CT molecular complexity index is 366. The van der Waals surface area contributed by atoms with E-state index in [-0.39, 0.29) is 6.04 Å². The highest BCUT2D eigenvalue weighted by molar-refractivity contribution is 7.86. The second-order valence-corrected chi connectivity index (χ2v) is 7.37. The topological polar surface area (TPSA) is 66.6 Å². The third-order valence-electron chi connectivity index (χ3n) is 4.25. The molecular formula is C12H25N3O2S. The Kier molecular flexibility index (Phi) is 4.64. The van der Waals surface area contributed by atoms with Crippen LogP contribution in [0.5, 0.6) is 0 Å². The second-order valence-electron chi connectivity index (χ2n) is 5.45. The molecule has 2 aliphatic rings. The fraction of sp³-hybridized carbons (Fsp3) is 1.00. The van der Waals surface area contributed by atoms with Gasteiger partial charge in [-0.05, 0) is 25.2 Å². The van der Waals surface area contributed by atoms with Crippen molar-refractivity contribution in [2.75, 3.05) is 26.2 Å². The minimum absolute atomic E-state index is 0.155. The van der Waals surface area contributed by atoms with Gasteiger partial charge in [0, 0.05) is 32.2 Å². The van der Waals surface area contributed by atoms with E-state index in [0.29, 0.717) is 32.1 Å². The Labute approximate surface area is 110 Å². The van der Waals surface area contributed by atoms with Crippen molar-refractivity contribution in [3.63, 3.8) is 0 Å². The summed E-state index contributed by atoms with van der Waals surface area (Å²) in [5.41, 5.74) is 6.04. The molecule has 2 heterocycles. The molecule has 2 N–H and O–H groups in total. The minimum atomic E-state index is -3.24. The molecule has 2 atom stereocenters. The van der Waals surface area contributed by atoms with Gasteiger partial charge in [0.1, 0.15) is 0 Å². The first-order valence-corrected chi connectivity index (χ1v) is 8.46. The summed E-state index contributed by atoms with van der Waals surface area (Å²) in [7, 11) is -3.24. The van der Waals surface area contributed by atoms with Crippen LogP contribution < -0.4 is 5.73 Å². The van der Waals surface area contributed by atoms with Gasteiger partial charge in [0.2, 0.25) is 0 Å². The lowest BCUT2D eigenvalue weighted by Crippen LogP contribution is -2.53. The Hall–Kier alpha value is -0.170. The van der Waals surface area contributed by atoms with Crippen LogP contribution in [0.3, 0.4) is 0 Å². The SMILES string of the molecule is CCC1CN(S(=O)(=O)N2CCCCC2)CCC1N. The van der Waals surface area contributed by atoms with E-state index in [4.69, 9.17) is 5.73 Å². The lowest BCUT2D eigenvalue weighted by Gasteiger charge is -2.39. The van der Waals surface area contributed by atoms with Gasteiger partial charge in [0.25, 0.3) is 10.2 Å². The highest BCUT2D eigenvalue weighted by Crippen LogP contribution is 2.24. The maximum absolute atomic E-state index is 12.5. The van der Waals surface area contributed by atoms with Crippen molar-refractivity contribution in [1.82, 2.24) is 8.61 Å². The number of piperidine rings is 2. The monoisotopic (exact) mass is 275 g/mol. The molecule has 18 heavy (non-hydrogen) atoms. The first-order chi connectivity index (χ1) is 8.55. The maximum Gasteiger partial charge on any atom is 0.281 e. The van der Waals surface area contributed by atoms with Gasteiger partial charge in [-0.3, -0.25) is 0 Å². The number of nitrogens with two attached hydrogens (primary N) is 1. The molecule has 2 rings (SSSR count). The smallest absolute Gasteiger partial charge is 0.281 e. The van der Waals surface area contributed by atoms with Gasteiger partial charge in [0.05, 0.1) is 0 Å². The van der Waals surface area contributed by atoms with Crippen LogP contribution in [0.2, 0.25) is 0 Å². The summed E-state index contributed by atoms with van der Waals surface area (Å²) >= 11 is 0. The highest BCUT2D eigenvalue weighted by atomic mass is 32.2. The predicted octanol–water partition coefficient (Wildman–Crippen LogP) is 0.776. The quantitative estimate of drug-likeness (QED) is 0.827. The van der Waals surface area contributed by atoms with Gasteiger partial charge in [-0.2, -0.15) is 17.0 Å². The average Bonchev–Trinajstić information content (AvgIpc) is 2.40. The van der Waals surface area contributed by atoms with Crippen LogP contribution in [0.25, 0.3) is 0 Å². The van der Waals surface area contributed by atoms with Crippen molar-refractivity contribution in [1.29, 1.82) is 0 Å². The van der Waals surface area contributed by atoms with Gasteiger partial charge in [-0.1, -0.05) is 19.8 Å². The summed E-state index contributed by atoms with van der Waals surface area (Å²) in [6.07, 6.45) is 4.86. The van der Waals surface area contributed by atoms with E-state index in [1.165, 1.54) is 0 Å². The van der Waals surface area contributed by atoms with Crippen molar-refractivity contribution in [3.8, 4) is 0 Å². The van der Waals surface area contributed by atoms with E-state index >= 15 is 0 Å². The van der Waals surface area contributed by atoms with Crippen LogP contribution >= 0.6 is 0 Å². The minimum Gasteiger partial charge on any atom is -0.327 e. The molecule has 2 saturated heterocycles. The summed E-state index contributed by atoms with van der Waals surface area (Å²) < 4.78 is 28.3. The summed E-state index contributed by atoms with van der Waals surface area (Å²) in [6.45, 7) is 4.62. The molecule has 0 bridgehead atoms. The van der Waals surface area contributed by atoms with Gasteiger partial charge in [-0.25, -0.2) is 0 Å². The van der Waals surface area contributed by atoms with Crippen molar-refractivity contribution in [2.45, 2.75) is 45.1 Å². The average molecular weight is 275 g/mol. The van der Waals surface area contributed by atoms with Crippen molar-refractivity contribution < 1.29 is 8.42 Å². The molecule has 0 spiro atoms. The van der Waals surface area contributed by atoms with Gasteiger partial charge in [-0.15, -0.1) is 0 Å². The number of hydrogen-bond donors (Lipinski definition) is 1. The third kappa shape index (κ3) is 2.87. The molecule has 0 aromatic heterocycles. The molecule has 106 valence electrons. The number of nitrogens with zero attached hydrogens (tertiary/aromatic N) is 2. The first kappa shape index (κ1) is 14.2. The van der Waals surface area contributed by atoms with Crippen LogP contribution in [0, 0.1) is 5.92 Å². The molecule has 5 nitrogen and oxygen atoms in total. The van der Waals surface area contributed by atoms with Crippen molar-refractivity contribution in [3.05, 3.63) is 0 Å². The Morgan fingerprint density at radius 1 is 1.11 bits per heavy atom. The number of hydrogen-bond acceptors (Lipinski definition) is 3. The molecule has 0 aliphatic carbocycles. The fourth-order valence-electron chi connectivity index (χ4n) is 2.92. The summed E-state index contributed by atoms with van der Waals surface area (Å²) in [4.78, 5) is 0. The van der Waals surface area contributed by atoms with E-state index in [0.717, 1.165) is 32.1 Å². The largest absolute Gasteiger partial charge is 0.327 e. The Morgan fingerprint density at radius 3 is 2.39 bits per heavy atom. The molecule has 6 heteroatoms. The highest BCUT2D eigenvalue weighted by Gasteiger charge is 2.36. The molecule has 2 aliphatic heterocycles.